The zero-order valence-corrected chi connectivity index (χ0v) is 17.4. The maximum atomic E-state index is 13.4. The van der Waals surface area contributed by atoms with E-state index in [1.54, 1.807) is 11.0 Å². The maximum Gasteiger partial charge on any atom is 0.273 e. The topological polar surface area (TPSA) is 101 Å². The van der Waals surface area contributed by atoms with Crippen molar-refractivity contribution in [3.05, 3.63) is 64.8 Å². The number of likely N-dealkylation sites (N-methyl/N-ethyl adjacent to an activating group) is 1. The Balaban J connectivity index is 1.76. The summed E-state index contributed by atoms with van der Waals surface area (Å²) in [6, 6.07) is 13.5. The Labute approximate surface area is 175 Å². The molecule has 1 aliphatic heterocycles. The third kappa shape index (κ3) is 3.36. The number of rotatable bonds is 4. The first-order valence-electron chi connectivity index (χ1n) is 10.0. The summed E-state index contributed by atoms with van der Waals surface area (Å²) in [5, 5.41) is 3.47. The Morgan fingerprint density at radius 3 is 2.40 bits per heavy atom. The van der Waals surface area contributed by atoms with Crippen LogP contribution in [0.1, 0.15) is 48.0 Å². The van der Waals surface area contributed by atoms with Gasteiger partial charge in [-0.25, -0.2) is 9.97 Å². The number of nitrogen functional groups attached to an aromatic ring is 1. The summed E-state index contributed by atoms with van der Waals surface area (Å²) in [6.45, 7) is 7.21. The predicted molar refractivity (Wildman–Crippen MR) is 116 cm³/mol. The number of aromatic nitrogens is 2. The van der Waals surface area contributed by atoms with Crippen LogP contribution in [-0.4, -0.2) is 33.2 Å². The zero-order chi connectivity index (χ0) is 21.5. The van der Waals surface area contributed by atoms with E-state index in [1.165, 1.54) is 0 Å². The van der Waals surface area contributed by atoms with E-state index in [2.05, 4.69) is 15.3 Å². The fourth-order valence-electron chi connectivity index (χ4n) is 3.84. The third-order valence-electron chi connectivity index (χ3n) is 5.67. The molecule has 1 aromatic heterocycles. The van der Waals surface area contributed by atoms with Gasteiger partial charge in [0.15, 0.2) is 0 Å². The normalized spacial score (nSPS) is 13.4. The number of anilines is 1. The number of amides is 2. The van der Waals surface area contributed by atoms with E-state index in [-0.39, 0.29) is 23.5 Å². The van der Waals surface area contributed by atoms with Gasteiger partial charge in [0, 0.05) is 25.0 Å². The number of fused-ring (bicyclic) bond motifs is 2. The van der Waals surface area contributed by atoms with Crippen molar-refractivity contribution >= 4 is 28.7 Å². The number of hydrogen-bond acceptors (Lipinski definition) is 5. The van der Waals surface area contributed by atoms with E-state index in [1.807, 2.05) is 57.2 Å². The van der Waals surface area contributed by atoms with E-state index in [0.29, 0.717) is 30.5 Å². The molecule has 3 N–H and O–H groups in total. The second-order valence-corrected chi connectivity index (χ2v) is 8.08. The number of benzene rings is 2. The molecule has 0 fully saturated rings. The van der Waals surface area contributed by atoms with Gasteiger partial charge in [0.2, 0.25) is 11.9 Å². The minimum absolute atomic E-state index is 0.0540. The Kier molecular flexibility index (Phi) is 4.89. The molecule has 1 aliphatic rings. The molecule has 0 radical (unpaired) electrons. The lowest BCUT2D eigenvalue weighted by molar-refractivity contribution is -0.125. The molecule has 154 valence electrons. The minimum Gasteiger partial charge on any atom is -0.368 e. The van der Waals surface area contributed by atoms with Gasteiger partial charge in [0.1, 0.15) is 5.69 Å². The van der Waals surface area contributed by atoms with Crippen molar-refractivity contribution in [2.45, 2.75) is 39.3 Å². The lowest BCUT2D eigenvalue weighted by atomic mass is 9.83. The summed E-state index contributed by atoms with van der Waals surface area (Å²) in [5.74, 6) is -0.222. The summed E-state index contributed by atoms with van der Waals surface area (Å²) in [4.78, 5) is 36.3. The first-order chi connectivity index (χ1) is 14.3. The van der Waals surface area contributed by atoms with Crippen LogP contribution in [0.5, 0.6) is 0 Å². The number of nitrogens with zero attached hydrogens (tertiary/aromatic N) is 3. The van der Waals surface area contributed by atoms with Crippen molar-refractivity contribution in [1.29, 1.82) is 0 Å². The number of carbonyl (C=O) groups is 2. The number of nitrogens with two attached hydrogens (primary N) is 1. The molecule has 30 heavy (non-hydrogen) atoms. The van der Waals surface area contributed by atoms with Gasteiger partial charge in [-0.2, -0.15) is 0 Å². The van der Waals surface area contributed by atoms with Crippen molar-refractivity contribution in [1.82, 2.24) is 20.2 Å². The maximum absolute atomic E-state index is 13.4. The molecule has 3 aromatic rings. The third-order valence-corrected chi connectivity index (χ3v) is 5.67. The lowest BCUT2D eigenvalue weighted by Gasteiger charge is -2.24. The molecule has 0 aliphatic carbocycles. The van der Waals surface area contributed by atoms with Crippen molar-refractivity contribution in [3.8, 4) is 0 Å². The Morgan fingerprint density at radius 1 is 1.10 bits per heavy atom. The smallest absolute Gasteiger partial charge is 0.273 e. The van der Waals surface area contributed by atoms with E-state index < -0.39 is 5.41 Å². The highest BCUT2D eigenvalue weighted by Crippen LogP contribution is 2.30. The molecule has 7 heteroatoms. The van der Waals surface area contributed by atoms with Gasteiger partial charge in [-0.15, -0.1) is 0 Å². The Hall–Kier alpha value is -3.48. The molecule has 0 atom stereocenters. The number of hydrogen-bond donors (Lipinski definition) is 2. The van der Waals surface area contributed by atoms with Crippen molar-refractivity contribution < 1.29 is 9.59 Å². The van der Waals surface area contributed by atoms with Crippen LogP contribution in [0.2, 0.25) is 0 Å². The highest BCUT2D eigenvalue weighted by Gasteiger charge is 2.31. The second kappa shape index (κ2) is 7.40. The van der Waals surface area contributed by atoms with Gasteiger partial charge >= 0.3 is 0 Å². The largest absolute Gasteiger partial charge is 0.368 e. The quantitative estimate of drug-likeness (QED) is 0.698. The standard InChI is InChI=1S/C23H25N5O2/c1-4-25-21(30)23(2,3)16-9-10-18-17(11-16)19(27-22(24)26-18)20(29)28-12-14-7-5-6-8-15(14)13-28/h5-11H,4,12-13H2,1-3H3,(H,25,30)(H2,24,26,27). The first-order valence-corrected chi connectivity index (χ1v) is 10.0. The summed E-state index contributed by atoms with van der Waals surface area (Å²) >= 11 is 0. The Morgan fingerprint density at radius 2 is 1.77 bits per heavy atom. The van der Waals surface area contributed by atoms with Crippen LogP contribution in [0.3, 0.4) is 0 Å². The number of nitrogens with one attached hydrogen (secondary N) is 1. The molecule has 0 saturated heterocycles. The molecule has 4 rings (SSSR count). The van der Waals surface area contributed by atoms with Crippen molar-refractivity contribution in [3.63, 3.8) is 0 Å². The fraction of sp³-hybridized carbons (Fsp3) is 0.304. The monoisotopic (exact) mass is 403 g/mol. The second-order valence-electron chi connectivity index (χ2n) is 8.08. The highest BCUT2D eigenvalue weighted by atomic mass is 16.2. The fourth-order valence-corrected chi connectivity index (χ4v) is 3.84. The van der Waals surface area contributed by atoms with Crippen LogP contribution in [0.25, 0.3) is 10.9 Å². The molecule has 2 amide bonds. The van der Waals surface area contributed by atoms with Crippen molar-refractivity contribution in [2.24, 2.45) is 0 Å². The molecule has 0 spiro atoms. The molecule has 0 bridgehead atoms. The van der Waals surface area contributed by atoms with Crippen LogP contribution >= 0.6 is 0 Å². The molecule has 7 nitrogen and oxygen atoms in total. The molecular weight excluding hydrogens is 378 g/mol. The molecule has 0 saturated carbocycles. The van der Waals surface area contributed by atoms with E-state index >= 15 is 0 Å². The average molecular weight is 403 g/mol. The zero-order valence-electron chi connectivity index (χ0n) is 17.4. The SMILES string of the molecule is CCNC(=O)C(C)(C)c1ccc2nc(N)nc(C(=O)N3Cc4ccccc4C3)c2c1. The minimum atomic E-state index is -0.768. The van der Waals surface area contributed by atoms with Gasteiger partial charge in [0.25, 0.3) is 5.91 Å². The van der Waals surface area contributed by atoms with E-state index in [0.717, 1.165) is 16.7 Å². The molecule has 2 aromatic carbocycles. The van der Waals surface area contributed by atoms with Gasteiger partial charge in [-0.05, 0) is 49.6 Å². The van der Waals surface area contributed by atoms with Crippen LogP contribution in [0, 0.1) is 0 Å². The van der Waals surface area contributed by atoms with Crippen LogP contribution in [-0.2, 0) is 23.3 Å². The van der Waals surface area contributed by atoms with Crippen LogP contribution in [0.15, 0.2) is 42.5 Å². The van der Waals surface area contributed by atoms with E-state index in [4.69, 9.17) is 5.73 Å². The number of carbonyl (C=O) groups excluding carboxylic acids is 2. The van der Waals surface area contributed by atoms with Crippen LogP contribution < -0.4 is 11.1 Å². The highest BCUT2D eigenvalue weighted by molar-refractivity contribution is 6.05. The summed E-state index contributed by atoms with van der Waals surface area (Å²) < 4.78 is 0. The lowest BCUT2D eigenvalue weighted by Crippen LogP contribution is -2.39. The summed E-state index contributed by atoms with van der Waals surface area (Å²) in [7, 11) is 0. The first kappa shape index (κ1) is 19.8. The predicted octanol–water partition coefficient (Wildman–Crippen LogP) is 2.78. The van der Waals surface area contributed by atoms with E-state index in [9.17, 15) is 9.59 Å². The molecule has 0 unspecified atom stereocenters. The average Bonchev–Trinajstić information content (AvgIpc) is 3.16. The van der Waals surface area contributed by atoms with Crippen molar-refractivity contribution in [2.75, 3.05) is 12.3 Å². The molecule has 2 heterocycles. The Bertz CT molecular complexity index is 1130. The summed E-state index contributed by atoms with van der Waals surface area (Å²) in [6.07, 6.45) is 0. The van der Waals surface area contributed by atoms with Gasteiger partial charge in [-0.1, -0.05) is 30.3 Å². The van der Waals surface area contributed by atoms with Gasteiger partial charge in [-0.3, -0.25) is 9.59 Å². The summed E-state index contributed by atoms with van der Waals surface area (Å²) in [5.41, 5.74) is 9.03. The van der Waals surface area contributed by atoms with Crippen LogP contribution in [0.4, 0.5) is 5.95 Å². The van der Waals surface area contributed by atoms with Gasteiger partial charge in [0.05, 0.1) is 10.9 Å². The van der Waals surface area contributed by atoms with Gasteiger partial charge < -0.3 is 16.0 Å². The molecular formula is C23H25N5O2.